The highest BCUT2D eigenvalue weighted by Crippen LogP contribution is 2.48. The number of halogens is 3. The van der Waals surface area contributed by atoms with E-state index in [1.807, 2.05) is 18.0 Å². The normalized spacial score (nSPS) is 21.3. The molecule has 1 aromatic carbocycles. The van der Waals surface area contributed by atoms with Crippen LogP contribution < -0.4 is 9.64 Å². The Morgan fingerprint density at radius 1 is 1.16 bits per heavy atom. The third-order valence-electron chi connectivity index (χ3n) is 10.9. The Morgan fingerprint density at radius 3 is 2.56 bits per heavy atom. The Hall–Kier alpha value is -3.90. The fraction of sp³-hybridized carbons (Fsp3) is 0.528. The van der Waals surface area contributed by atoms with Gasteiger partial charge in [-0.25, -0.2) is 13.2 Å². The first-order chi connectivity index (χ1) is 23.9. The summed E-state index contributed by atoms with van der Waals surface area (Å²) in [5.74, 6) is -2.75. The lowest BCUT2D eigenvalue weighted by Gasteiger charge is -2.49. The van der Waals surface area contributed by atoms with E-state index < -0.39 is 17.5 Å². The molecule has 3 fully saturated rings. The monoisotopic (exact) mass is 706 g/mol. The first-order valence-electron chi connectivity index (χ1n) is 16.9. The third kappa shape index (κ3) is 5.97. The van der Waals surface area contributed by atoms with Gasteiger partial charge in [0.1, 0.15) is 28.1 Å². The van der Waals surface area contributed by atoms with Crippen molar-refractivity contribution in [3.8, 4) is 23.3 Å². The van der Waals surface area contributed by atoms with E-state index in [9.17, 15) is 5.26 Å². The van der Waals surface area contributed by atoms with Gasteiger partial charge in [0, 0.05) is 60.8 Å². The summed E-state index contributed by atoms with van der Waals surface area (Å²) in [6.45, 7) is 11.1. The second kappa shape index (κ2) is 13.0. The van der Waals surface area contributed by atoms with Crippen molar-refractivity contribution in [1.82, 2.24) is 24.8 Å². The highest BCUT2D eigenvalue weighted by Gasteiger charge is 2.46. The number of hydrogen-bond acceptors (Lipinski definition) is 11. The van der Waals surface area contributed by atoms with Crippen molar-refractivity contribution in [1.29, 1.82) is 5.26 Å². The summed E-state index contributed by atoms with van der Waals surface area (Å²) in [4.78, 5) is 24.3. The molecule has 0 unspecified atom stereocenters. The molecule has 3 aromatic heterocycles. The molecule has 3 aliphatic rings. The summed E-state index contributed by atoms with van der Waals surface area (Å²) in [7, 11) is 6.04. The Balaban J connectivity index is 1.31. The molecule has 2 saturated carbocycles. The van der Waals surface area contributed by atoms with Crippen LogP contribution in [0, 0.1) is 34.2 Å². The molecule has 2 aliphatic carbocycles. The summed E-state index contributed by atoms with van der Waals surface area (Å²) >= 11 is 0.775. The average Bonchev–Trinajstić information content (AvgIpc) is 3.73. The van der Waals surface area contributed by atoms with Crippen molar-refractivity contribution in [2.24, 2.45) is 10.4 Å². The van der Waals surface area contributed by atoms with Gasteiger partial charge in [0.2, 0.25) is 0 Å². The summed E-state index contributed by atoms with van der Waals surface area (Å²) < 4.78 is 58.9. The third-order valence-corrected chi connectivity index (χ3v) is 12.0. The second-order valence-corrected chi connectivity index (χ2v) is 15.5. The summed E-state index contributed by atoms with van der Waals surface area (Å²) in [6, 6.07) is 3.18. The topological polar surface area (TPSA) is 103 Å². The molecule has 4 heterocycles. The van der Waals surface area contributed by atoms with Crippen LogP contribution in [-0.2, 0) is 4.74 Å². The fourth-order valence-electron chi connectivity index (χ4n) is 7.38. The van der Waals surface area contributed by atoms with Gasteiger partial charge in [0.15, 0.2) is 17.5 Å². The standard InChI is InChI=1S/C36H41F3N8O2S/c1-20-16-48-21(2)15-47(20)17-35(10-11-35)19-49-34-43-30-24(32(44-34)46(6)18-36(45(4)5)8-7-9-36)14-42-29(28(30)39)22-12-25(37)27(38)31-26(22)23(13-40)33(41-3)50-31/h12,14,20-21H,3,7-11,15-19H2,1-2,4-6H3/t20-,21+/m0/s1. The number of nitrogens with zero attached hydrogens (tertiary/aromatic N) is 8. The lowest BCUT2D eigenvalue weighted by molar-refractivity contribution is -0.0580. The van der Waals surface area contributed by atoms with Gasteiger partial charge < -0.3 is 19.3 Å². The van der Waals surface area contributed by atoms with Crippen molar-refractivity contribution >= 4 is 49.9 Å². The molecule has 50 heavy (non-hydrogen) atoms. The van der Waals surface area contributed by atoms with Gasteiger partial charge in [-0.3, -0.25) is 14.9 Å². The SMILES string of the molecule is C=Nc1sc2c(F)c(F)cc(-c3ncc4c(N(C)CC5(N(C)C)CCC5)nc(OCC5(CN6C[C@@H](C)OC[C@@H]6C)CC5)nc4c3F)c2c1C#N. The van der Waals surface area contributed by atoms with E-state index in [4.69, 9.17) is 14.5 Å². The molecule has 1 aliphatic heterocycles. The number of aliphatic imine (C=N–C) groups is 1. The quantitative estimate of drug-likeness (QED) is 0.157. The van der Waals surface area contributed by atoms with Gasteiger partial charge in [-0.05, 0) is 72.8 Å². The summed E-state index contributed by atoms with van der Waals surface area (Å²) in [5.41, 5.74) is -0.589. The maximum absolute atomic E-state index is 16.9. The number of pyridine rings is 1. The Labute approximate surface area is 293 Å². The predicted molar refractivity (Wildman–Crippen MR) is 189 cm³/mol. The Kier molecular flexibility index (Phi) is 8.99. The van der Waals surface area contributed by atoms with E-state index >= 15 is 13.2 Å². The minimum absolute atomic E-state index is 0.0210. The number of fused-ring (bicyclic) bond motifs is 2. The van der Waals surface area contributed by atoms with Crippen molar-refractivity contribution in [2.75, 3.05) is 58.9 Å². The van der Waals surface area contributed by atoms with Gasteiger partial charge in [-0.2, -0.15) is 15.2 Å². The zero-order chi connectivity index (χ0) is 35.5. The molecule has 2 atom stereocenters. The fourth-order valence-corrected chi connectivity index (χ4v) is 8.39. The number of aromatic nitrogens is 3. The maximum Gasteiger partial charge on any atom is 0.319 e. The Morgan fingerprint density at radius 2 is 1.92 bits per heavy atom. The molecular weight excluding hydrogens is 666 g/mol. The van der Waals surface area contributed by atoms with E-state index in [-0.39, 0.29) is 60.5 Å². The van der Waals surface area contributed by atoms with Crippen molar-refractivity contribution in [3.63, 3.8) is 0 Å². The molecule has 264 valence electrons. The van der Waals surface area contributed by atoms with Crippen LogP contribution in [0.3, 0.4) is 0 Å². The molecule has 0 N–H and O–H groups in total. The summed E-state index contributed by atoms with van der Waals surface area (Å²) in [5, 5.41) is 10.4. The van der Waals surface area contributed by atoms with Crippen LogP contribution in [-0.4, -0.2) is 103 Å². The summed E-state index contributed by atoms with van der Waals surface area (Å²) in [6.07, 6.45) is 6.75. The molecule has 0 spiro atoms. The Bertz CT molecular complexity index is 2020. The highest BCUT2D eigenvalue weighted by molar-refractivity contribution is 7.23. The first kappa shape index (κ1) is 34.5. The minimum Gasteiger partial charge on any atom is -0.463 e. The lowest BCUT2D eigenvalue weighted by Crippen LogP contribution is -2.56. The zero-order valence-corrected chi connectivity index (χ0v) is 29.8. The van der Waals surface area contributed by atoms with Crippen molar-refractivity contribution < 1.29 is 22.6 Å². The number of likely N-dealkylation sites (N-methyl/N-ethyl adjacent to an activating group) is 2. The molecule has 0 amide bonds. The van der Waals surface area contributed by atoms with Gasteiger partial charge >= 0.3 is 6.01 Å². The van der Waals surface area contributed by atoms with Gasteiger partial charge in [-0.1, -0.05) is 0 Å². The van der Waals surface area contributed by atoms with E-state index in [2.05, 4.69) is 59.4 Å². The molecule has 1 saturated heterocycles. The zero-order valence-electron chi connectivity index (χ0n) is 29.0. The van der Waals surface area contributed by atoms with Crippen LogP contribution >= 0.6 is 11.3 Å². The molecule has 0 bridgehead atoms. The van der Waals surface area contributed by atoms with E-state index in [0.717, 1.165) is 62.6 Å². The number of benzene rings is 1. The number of nitriles is 1. The highest BCUT2D eigenvalue weighted by atomic mass is 32.1. The minimum atomic E-state index is -1.20. The van der Waals surface area contributed by atoms with Crippen LogP contribution in [0.15, 0.2) is 17.3 Å². The first-order valence-corrected chi connectivity index (χ1v) is 17.8. The number of rotatable bonds is 11. The van der Waals surface area contributed by atoms with Crippen LogP contribution in [0.2, 0.25) is 0 Å². The molecule has 0 radical (unpaired) electrons. The van der Waals surface area contributed by atoms with Crippen LogP contribution in [0.5, 0.6) is 6.01 Å². The number of ether oxygens (including phenoxy) is 2. The molecule has 14 heteroatoms. The van der Waals surface area contributed by atoms with Gasteiger partial charge in [-0.15, -0.1) is 11.3 Å². The van der Waals surface area contributed by atoms with Crippen LogP contribution in [0.25, 0.3) is 32.2 Å². The molecular formula is C36H41F3N8O2S. The second-order valence-electron chi connectivity index (χ2n) is 14.5. The van der Waals surface area contributed by atoms with E-state index in [1.54, 1.807) is 0 Å². The van der Waals surface area contributed by atoms with Crippen LogP contribution in [0.1, 0.15) is 51.5 Å². The number of morpholine rings is 1. The van der Waals surface area contributed by atoms with Crippen LogP contribution in [0.4, 0.5) is 24.0 Å². The maximum atomic E-state index is 16.9. The predicted octanol–water partition coefficient (Wildman–Crippen LogP) is 6.72. The van der Waals surface area contributed by atoms with Crippen molar-refractivity contribution in [3.05, 3.63) is 35.3 Å². The number of thiophene rings is 1. The molecule has 7 rings (SSSR count). The number of hydrogen-bond donors (Lipinski definition) is 0. The lowest BCUT2D eigenvalue weighted by atomic mass is 9.75. The van der Waals surface area contributed by atoms with E-state index in [0.29, 0.717) is 37.0 Å². The average molecular weight is 707 g/mol. The van der Waals surface area contributed by atoms with Gasteiger partial charge in [0.25, 0.3) is 0 Å². The van der Waals surface area contributed by atoms with Gasteiger partial charge in [0.05, 0.1) is 35.0 Å². The largest absolute Gasteiger partial charge is 0.463 e. The number of anilines is 1. The van der Waals surface area contributed by atoms with Crippen molar-refractivity contribution in [2.45, 2.75) is 63.6 Å². The molecule has 4 aromatic rings. The smallest absolute Gasteiger partial charge is 0.319 e. The molecule has 10 nitrogen and oxygen atoms in total. The van der Waals surface area contributed by atoms with E-state index in [1.165, 1.54) is 6.20 Å².